The Morgan fingerprint density at radius 1 is 1.04 bits per heavy atom. The van der Waals surface area contributed by atoms with E-state index in [9.17, 15) is 18.7 Å². The van der Waals surface area contributed by atoms with E-state index in [1.54, 1.807) is 19.9 Å². The lowest BCUT2D eigenvalue weighted by Crippen LogP contribution is -2.38. The average molecular weight is 657 g/mol. The zero-order valence-electron chi connectivity index (χ0n) is 27.2. The molecule has 48 heavy (non-hydrogen) atoms. The minimum atomic E-state index is -0.986. The number of aromatic nitrogens is 5. The molecule has 0 bridgehead atoms. The van der Waals surface area contributed by atoms with E-state index in [2.05, 4.69) is 30.9 Å². The van der Waals surface area contributed by atoms with Crippen molar-refractivity contribution in [3.05, 3.63) is 107 Å². The number of benzene rings is 2. The van der Waals surface area contributed by atoms with E-state index >= 15 is 0 Å². The number of piperidine rings is 1. The number of hydrogen-bond donors (Lipinski definition) is 1. The molecule has 10 nitrogen and oxygen atoms in total. The minimum absolute atomic E-state index is 0.0376. The van der Waals surface area contributed by atoms with Crippen molar-refractivity contribution in [2.45, 2.75) is 66.0 Å². The minimum Gasteiger partial charge on any atom is -0.484 e. The number of fused-ring (bicyclic) bond motifs is 1. The number of imidazole rings is 2. The molecule has 6 rings (SSSR count). The summed E-state index contributed by atoms with van der Waals surface area (Å²) in [7, 11) is 0. The van der Waals surface area contributed by atoms with Crippen molar-refractivity contribution in [2.24, 2.45) is 0 Å². The maximum absolute atomic E-state index is 14.5. The Balaban J connectivity index is 1.14. The first-order valence-electron chi connectivity index (χ1n) is 16.0. The molecule has 5 aromatic rings. The fourth-order valence-electron chi connectivity index (χ4n) is 5.97. The first kappa shape index (κ1) is 32.8. The number of pyridine rings is 1. The number of ether oxygens (including phenoxy) is 2. The number of halogens is 2. The number of rotatable bonds is 12. The van der Waals surface area contributed by atoms with Gasteiger partial charge in [0.25, 0.3) is 0 Å². The molecular formula is C36H38F2N6O4. The summed E-state index contributed by atoms with van der Waals surface area (Å²) in [5.74, 6) is -0.799. The zero-order chi connectivity index (χ0) is 33.8. The quantitative estimate of drug-likeness (QED) is 0.154. The average Bonchev–Trinajstić information content (AvgIpc) is 3.66. The van der Waals surface area contributed by atoms with Gasteiger partial charge in [-0.05, 0) is 80.6 Å². The first-order valence-corrected chi connectivity index (χ1v) is 16.0. The Morgan fingerprint density at radius 2 is 1.85 bits per heavy atom. The lowest BCUT2D eigenvalue weighted by Gasteiger charge is -2.31. The van der Waals surface area contributed by atoms with Gasteiger partial charge in [-0.15, -0.1) is 0 Å². The Kier molecular flexibility index (Phi) is 9.81. The van der Waals surface area contributed by atoms with E-state index in [1.165, 1.54) is 30.3 Å². The SMILES string of the molecule is CCn1cncc1Cn1c(CN2CCC(Oc3ccc(F)c(COc4ccc(C)cc4F)n3)CC2)nc2ccc(/C(C)=C/C(=O)O)cc21. The lowest BCUT2D eigenvalue weighted by molar-refractivity contribution is -0.131. The van der Waals surface area contributed by atoms with E-state index in [-0.39, 0.29) is 24.2 Å². The Labute approximate surface area is 277 Å². The van der Waals surface area contributed by atoms with Crippen molar-refractivity contribution >= 4 is 22.6 Å². The third-order valence-corrected chi connectivity index (χ3v) is 8.61. The standard InChI is InChI=1S/C36H38F2N6O4/c1-4-43-22-39-18-26(43)19-44-32-17-25(24(3)16-36(45)46)6-8-30(32)40-34(44)20-42-13-11-27(12-14-42)48-35-10-7-28(37)31(41-35)21-47-33-9-5-23(2)15-29(33)38/h5-10,15-18,22,27H,4,11-14,19-21H2,1-3H3,(H,45,46)/b24-16+. The number of nitrogens with zero attached hydrogens (tertiary/aromatic N) is 6. The number of carboxylic acids is 1. The van der Waals surface area contributed by atoms with E-state index in [4.69, 9.17) is 14.5 Å². The zero-order valence-corrected chi connectivity index (χ0v) is 27.2. The predicted octanol–water partition coefficient (Wildman–Crippen LogP) is 6.39. The predicted molar refractivity (Wildman–Crippen MR) is 177 cm³/mol. The van der Waals surface area contributed by atoms with Crippen LogP contribution < -0.4 is 9.47 Å². The fourth-order valence-corrected chi connectivity index (χ4v) is 5.97. The molecule has 4 heterocycles. The van der Waals surface area contributed by atoms with E-state index in [0.717, 1.165) is 66.2 Å². The second-order valence-electron chi connectivity index (χ2n) is 12.0. The topological polar surface area (TPSA) is 108 Å². The van der Waals surface area contributed by atoms with Gasteiger partial charge in [0.15, 0.2) is 11.6 Å². The van der Waals surface area contributed by atoms with Crippen LogP contribution in [0.15, 0.2) is 67.1 Å². The maximum atomic E-state index is 14.5. The molecule has 3 aromatic heterocycles. The summed E-state index contributed by atoms with van der Waals surface area (Å²) < 4.78 is 44.7. The molecule has 1 aliphatic heterocycles. The fraction of sp³-hybridized carbons (Fsp3) is 0.333. The first-order chi connectivity index (χ1) is 23.2. The van der Waals surface area contributed by atoms with Gasteiger partial charge in [-0.2, -0.15) is 0 Å². The van der Waals surface area contributed by atoms with E-state index in [1.807, 2.05) is 30.7 Å². The molecule has 1 saturated heterocycles. The summed E-state index contributed by atoms with van der Waals surface area (Å²) in [4.78, 5) is 27.3. The highest BCUT2D eigenvalue weighted by molar-refractivity contribution is 5.91. The third-order valence-electron chi connectivity index (χ3n) is 8.61. The van der Waals surface area contributed by atoms with E-state index in [0.29, 0.717) is 24.5 Å². The Hall–Kier alpha value is -5.10. The molecule has 1 aliphatic rings. The largest absolute Gasteiger partial charge is 0.484 e. The molecule has 1 N–H and O–H groups in total. The summed E-state index contributed by atoms with van der Waals surface area (Å²) >= 11 is 0. The molecule has 0 unspecified atom stereocenters. The molecule has 2 aromatic carbocycles. The van der Waals surface area contributed by atoms with Crippen LogP contribution in [0.2, 0.25) is 0 Å². The van der Waals surface area contributed by atoms with Gasteiger partial charge < -0.3 is 23.7 Å². The van der Waals surface area contributed by atoms with Gasteiger partial charge in [0.1, 0.15) is 30.0 Å². The van der Waals surface area contributed by atoms with Crippen molar-refractivity contribution < 1.29 is 28.2 Å². The second kappa shape index (κ2) is 14.3. The molecule has 0 atom stereocenters. The molecule has 0 amide bonds. The van der Waals surface area contributed by atoms with Gasteiger partial charge in [-0.3, -0.25) is 4.90 Å². The van der Waals surface area contributed by atoms with Crippen LogP contribution in [0.1, 0.15) is 55.0 Å². The summed E-state index contributed by atoms with van der Waals surface area (Å²) in [6, 6.07) is 13.2. The number of likely N-dealkylation sites (tertiary alicyclic amines) is 1. The number of carbonyl (C=O) groups is 1. The van der Waals surface area contributed by atoms with Crippen LogP contribution in [0.4, 0.5) is 8.78 Å². The van der Waals surface area contributed by atoms with Crippen LogP contribution >= 0.6 is 0 Å². The molecule has 0 radical (unpaired) electrons. The summed E-state index contributed by atoms with van der Waals surface area (Å²) in [6.45, 7) is 8.92. The number of carboxylic acid groups (broad SMARTS) is 1. The smallest absolute Gasteiger partial charge is 0.328 e. The number of aryl methyl sites for hydroxylation is 2. The Bertz CT molecular complexity index is 1960. The molecule has 0 spiro atoms. The third kappa shape index (κ3) is 7.54. The van der Waals surface area contributed by atoms with Gasteiger partial charge in [0.2, 0.25) is 5.88 Å². The number of hydrogen-bond acceptors (Lipinski definition) is 7. The number of allylic oxidation sites excluding steroid dienone is 1. The van der Waals surface area contributed by atoms with E-state index < -0.39 is 17.6 Å². The van der Waals surface area contributed by atoms with Crippen LogP contribution in [-0.4, -0.2) is 59.3 Å². The van der Waals surface area contributed by atoms with Crippen LogP contribution in [0.5, 0.6) is 11.6 Å². The highest BCUT2D eigenvalue weighted by Gasteiger charge is 2.24. The molecule has 1 fully saturated rings. The normalized spacial score (nSPS) is 14.5. The van der Waals surface area contributed by atoms with Gasteiger partial charge in [0, 0.05) is 38.0 Å². The lowest BCUT2D eigenvalue weighted by atomic mass is 10.1. The van der Waals surface area contributed by atoms with Gasteiger partial charge in [-0.1, -0.05) is 12.1 Å². The van der Waals surface area contributed by atoms with Crippen molar-refractivity contribution in [3.63, 3.8) is 0 Å². The molecule has 0 saturated carbocycles. The van der Waals surface area contributed by atoms with Crippen LogP contribution in [-0.2, 0) is 31.0 Å². The van der Waals surface area contributed by atoms with Gasteiger partial charge in [0.05, 0.1) is 36.1 Å². The summed E-state index contributed by atoms with van der Waals surface area (Å²) in [5, 5.41) is 9.28. The Morgan fingerprint density at radius 3 is 2.60 bits per heavy atom. The molecular weight excluding hydrogens is 618 g/mol. The van der Waals surface area contributed by atoms with Crippen LogP contribution in [0.3, 0.4) is 0 Å². The number of aliphatic carboxylic acids is 1. The maximum Gasteiger partial charge on any atom is 0.328 e. The molecule has 250 valence electrons. The molecule has 12 heteroatoms. The molecule has 0 aliphatic carbocycles. The van der Waals surface area contributed by atoms with Crippen LogP contribution in [0.25, 0.3) is 16.6 Å². The van der Waals surface area contributed by atoms with Crippen molar-refractivity contribution in [1.29, 1.82) is 0 Å². The van der Waals surface area contributed by atoms with Crippen molar-refractivity contribution in [1.82, 2.24) is 29.0 Å². The monoisotopic (exact) mass is 656 g/mol. The highest BCUT2D eigenvalue weighted by Crippen LogP contribution is 2.26. The second-order valence-corrected chi connectivity index (χ2v) is 12.0. The summed E-state index contributed by atoms with van der Waals surface area (Å²) in [5.41, 5.74) is 5.11. The van der Waals surface area contributed by atoms with Crippen molar-refractivity contribution in [3.8, 4) is 11.6 Å². The highest BCUT2D eigenvalue weighted by atomic mass is 19.1. The van der Waals surface area contributed by atoms with Crippen LogP contribution in [0, 0.1) is 18.6 Å². The van der Waals surface area contributed by atoms with Crippen molar-refractivity contribution in [2.75, 3.05) is 13.1 Å². The van der Waals surface area contributed by atoms with Gasteiger partial charge >= 0.3 is 5.97 Å². The summed E-state index contributed by atoms with van der Waals surface area (Å²) in [6.07, 6.45) is 6.27. The van der Waals surface area contributed by atoms with Gasteiger partial charge in [-0.25, -0.2) is 28.5 Å².